The van der Waals surface area contributed by atoms with Gasteiger partial charge in [0.05, 0.1) is 11.2 Å². The molecule has 1 heterocycles. The lowest BCUT2D eigenvalue weighted by molar-refractivity contribution is 1.02. The zero-order valence-electron chi connectivity index (χ0n) is 11.0. The lowest BCUT2D eigenvalue weighted by atomic mass is 10.1. The van der Waals surface area contributed by atoms with Gasteiger partial charge in [-0.05, 0) is 36.2 Å². The molecule has 0 atom stereocenters. The van der Waals surface area contributed by atoms with E-state index in [9.17, 15) is 0 Å². The molecule has 2 aromatic carbocycles. The third-order valence-corrected chi connectivity index (χ3v) is 3.53. The van der Waals surface area contributed by atoms with Crippen LogP contribution in [0.15, 0.2) is 60.8 Å². The van der Waals surface area contributed by atoms with E-state index in [1.54, 1.807) is 0 Å². The number of rotatable bonds is 4. The highest BCUT2D eigenvalue weighted by Gasteiger charge is 2.00. The van der Waals surface area contributed by atoms with Crippen molar-refractivity contribution in [1.82, 2.24) is 4.98 Å². The minimum absolute atomic E-state index is 0.778. The van der Waals surface area contributed by atoms with Crippen molar-refractivity contribution in [3.05, 3.63) is 71.4 Å². The fourth-order valence-electron chi connectivity index (χ4n) is 2.24. The molecule has 0 saturated carbocycles. The van der Waals surface area contributed by atoms with E-state index in [-0.39, 0.29) is 0 Å². The largest absolute Gasteiger partial charge is 0.383 e. The first-order chi connectivity index (χ1) is 9.83. The Morgan fingerprint density at radius 3 is 2.60 bits per heavy atom. The molecule has 20 heavy (non-hydrogen) atoms. The first-order valence-corrected chi connectivity index (χ1v) is 7.03. The van der Waals surface area contributed by atoms with E-state index in [0.717, 1.165) is 34.6 Å². The molecule has 0 spiro atoms. The van der Waals surface area contributed by atoms with Crippen molar-refractivity contribution in [3.8, 4) is 0 Å². The number of halogens is 1. The van der Waals surface area contributed by atoms with Crippen molar-refractivity contribution in [3.63, 3.8) is 0 Å². The van der Waals surface area contributed by atoms with Crippen molar-refractivity contribution in [2.75, 3.05) is 11.9 Å². The second-order valence-corrected chi connectivity index (χ2v) is 5.12. The molecule has 3 heteroatoms. The molecule has 1 N–H and O–H groups in total. The van der Waals surface area contributed by atoms with Crippen LogP contribution in [0.4, 0.5) is 5.69 Å². The predicted octanol–water partition coefficient (Wildman–Crippen LogP) is 4.54. The minimum atomic E-state index is 0.778. The van der Waals surface area contributed by atoms with Crippen molar-refractivity contribution >= 4 is 28.2 Å². The van der Waals surface area contributed by atoms with E-state index < -0.39 is 0 Å². The number of benzene rings is 2. The van der Waals surface area contributed by atoms with Crippen LogP contribution < -0.4 is 5.32 Å². The standard InChI is InChI=1S/C17H15ClN2/c18-15-8-6-13(7-9-15)10-12-19-16-5-1-3-14-4-2-11-20-17(14)16/h1-9,11,19H,10,12H2. The molecule has 0 aliphatic carbocycles. The van der Waals surface area contributed by atoms with Gasteiger partial charge in [0.1, 0.15) is 0 Å². The average molecular weight is 283 g/mol. The fraction of sp³-hybridized carbons (Fsp3) is 0.118. The van der Waals surface area contributed by atoms with E-state index in [1.807, 2.05) is 24.4 Å². The Morgan fingerprint density at radius 2 is 1.75 bits per heavy atom. The zero-order valence-corrected chi connectivity index (χ0v) is 11.8. The summed E-state index contributed by atoms with van der Waals surface area (Å²) in [5, 5.41) is 5.39. The quantitative estimate of drug-likeness (QED) is 0.760. The fourth-order valence-corrected chi connectivity index (χ4v) is 2.37. The monoisotopic (exact) mass is 282 g/mol. The molecule has 0 saturated heterocycles. The minimum Gasteiger partial charge on any atom is -0.383 e. The van der Waals surface area contributed by atoms with Crippen LogP contribution in [0.2, 0.25) is 5.02 Å². The van der Waals surface area contributed by atoms with Crippen LogP contribution in [0.3, 0.4) is 0 Å². The summed E-state index contributed by atoms with van der Waals surface area (Å²) in [5.74, 6) is 0. The van der Waals surface area contributed by atoms with Gasteiger partial charge in [-0.15, -0.1) is 0 Å². The molecule has 0 bridgehead atoms. The van der Waals surface area contributed by atoms with Gasteiger partial charge in [-0.25, -0.2) is 0 Å². The Morgan fingerprint density at radius 1 is 0.950 bits per heavy atom. The summed E-state index contributed by atoms with van der Waals surface area (Å²) in [5.41, 5.74) is 3.37. The van der Waals surface area contributed by atoms with Crippen LogP contribution >= 0.6 is 11.6 Å². The third-order valence-electron chi connectivity index (χ3n) is 3.28. The molecular weight excluding hydrogens is 268 g/mol. The van der Waals surface area contributed by atoms with Gasteiger partial charge in [0.15, 0.2) is 0 Å². The number of nitrogens with zero attached hydrogens (tertiary/aromatic N) is 1. The zero-order chi connectivity index (χ0) is 13.8. The lowest BCUT2D eigenvalue weighted by Gasteiger charge is -2.09. The van der Waals surface area contributed by atoms with Gasteiger partial charge in [0, 0.05) is 23.2 Å². The first kappa shape index (κ1) is 12.9. The SMILES string of the molecule is Clc1ccc(CCNc2cccc3cccnc23)cc1. The lowest BCUT2D eigenvalue weighted by Crippen LogP contribution is -2.05. The van der Waals surface area contributed by atoms with Crippen LogP contribution in [-0.2, 0) is 6.42 Å². The highest BCUT2D eigenvalue weighted by Crippen LogP contribution is 2.20. The Bertz CT molecular complexity index is 702. The van der Waals surface area contributed by atoms with Gasteiger partial charge < -0.3 is 5.32 Å². The maximum absolute atomic E-state index is 5.88. The Hall–Kier alpha value is -2.06. The first-order valence-electron chi connectivity index (χ1n) is 6.65. The summed E-state index contributed by atoms with van der Waals surface area (Å²) in [6, 6.07) is 18.2. The maximum Gasteiger partial charge on any atom is 0.0933 e. The molecule has 1 aromatic heterocycles. The molecular formula is C17H15ClN2. The van der Waals surface area contributed by atoms with E-state index in [0.29, 0.717) is 0 Å². The average Bonchev–Trinajstić information content (AvgIpc) is 2.49. The molecule has 0 aliphatic heterocycles. The van der Waals surface area contributed by atoms with E-state index in [2.05, 4.69) is 46.7 Å². The van der Waals surface area contributed by atoms with Gasteiger partial charge in [-0.1, -0.05) is 41.9 Å². The summed E-state index contributed by atoms with van der Waals surface area (Å²) < 4.78 is 0. The van der Waals surface area contributed by atoms with E-state index >= 15 is 0 Å². The summed E-state index contributed by atoms with van der Waals surface area (Å²) in [6.45, 7) is 0.872. The van der Waals surface area contributed by atoms with E-state index in [1.165, 1.54) is 5.56 Å². The molecule has 0 amide bonds. The number of pyridine rings is 1. The number of fused-ring (bicyclic) bond motifs is 1. The van der Waals surface area contributed by atoms with Gasteiger partial charge in [0.25, 0.3) is 0 Å². The number of para-hydroxylation sites is 1. The van der Waals surface area contributed by atoms with Crippen LogP contribution in [-0.4, -0.2) is 11.5 Å². The normalized spacial score (nSPS) is 10.7. The molecule has 2 nitrogen and oxygen atoms in total. The maximum atomic E-state index is 5.88. The van der Waals surface area contributed by atoms with E-state index in [4.69, 9.17) is 11.6 Å². The highest BCUT2D eigenvalue weighted by molar-refractivity contribution is 6.30. The smallest absolute Gasteiger partial charge is 0.0933 e. The molecule has 0 radical (unpaired) electrons. The number of aromatic nitrogens is 1. The van der Waals surface area contributed by atoms with Crippen LogP contribution in [0.1, 0.15) is 5.56 Å². The van der Waals surface area contributed by atoms with Crippen molar-refractivity contribution in [2.24, 2.45) is 0 Å². The van der Waals surface area contributed by atoms with Crippen LogP contribution in [0.5, 0.6) is 0 Å². The molecule has 0 unspecified atom stereocenters. The number of hydrogen-bond acceptors (Lipinski definition) is 2. The summed E-state index contributed by atoms with van der Waals surface area (Å²) in [4.78, 5) is 4.44. The van der Waals surface area contributed by atoms with Gasteiger partial charge in [0.2, 0.25) is 0 Å². The van der Waals surface area contributed by atoms with Crippen molar-refractivity contribution < 1.29 is 0 Å². The van der Waals surface area contributed by atoms with Gasteiger partial charge >= 0.3 is 0 Å². The third kappa shape index (κ3) is 2.91. The Balaban J connectivity index is 1.69. The highest BCUT2D eigenvalue weighted by atomic mass is 35.5. The summed E-state index contributed by atoms with van der Waals surface area (Å²) in [7, 11) is 0. The molecule has 3 aromatic rings. The number of anilines is 1. The van der Waals surface area contributed by atoms with Gasteiger partial charge in [-0.2, -0.15) is 0 Å². The van der Waals surface area contributed by atoms with Crippen LogP contribution in [0.25, 0.3) is 10.9 Å². The second-order valence-electron chi connectivity index (χ2n) is 4.68. The molecule has 3 rings (SSSR count). The second kappa shape index (κ2) is 5.93. The molecule has 0 aliphatic rings. The molecule has 0 fully saturated rings. The van der Waals surface area contributed by atoms with Crippen molar-refractivity contribution in [1.29, 1.82) is 0 Å². The number of nitrogens with one attached hydrogen (secondary N) is 1. The van der Waals surface area contributed by atoms with Crippen molar-refractivity contribution in [2.45, 2.75) is 6.42 Å². The summed E-state index contributed by atoms with van der Waals surface area (Å²) >= 11 is 5.88. The number of hydrogen-bond donors (Lipinski definition) is 1. The Labute approximate surface area is 123 Å². The molecule has 100 valence electrons. The predicted molar refractivity (Wildman–Crippen MR) is 85.4 cm³/mol. The van der Waals surface area contributed by atoms with Gasteiger partial charge in [-0.3, -0.25) is 4.98 Å². The van der Waals surface area contributed by atoms with Crippen LogP contribution in [0, 0.1) is 0 Å². The Kier molecular flexibility index (Phi) is 3.84. The topological polar surface area (TPSA) is 24.9 Å². The summed E-state index contributed by atoms with van der Waals surface area (Å²) in [6.07, 6.45) is 2.78.